The Morgan fingerprint density at radius 3 is 2.57 bits per heavy atom. The maximum Gasteiger partial charge on any atom is 0.316 e. The molecule has 1 aromatic heterocycles. The van der Waals surface area contributed by atoms with Crippen LogP contribution >= 0.6 is 0 Å². The van der Waals surface area contributed by atoms with Gasteiger partial charge >= 0.3 is 12.0 Å². The second kappa shape index (κ2) is 5.16. The van der Waals surface area contributed by atoms with E-state index in [-0.39, 0.29) is 18.4 Å². The lowest BCUT2D eigenvalue weighted by atomic mass is 10.2. The zero-order valence-electron chi connectivity index (χ0n) is 8.19. The lowest BCUT2D eigenvalue weighted by molar-refractivity contribution is -0.142. The number of rotatable bonds is 4. The molecule has 0 saturated heterocycles. The van der Waals surface area contributed by atoms with Gasteiger partial charge in [0.15, 0.2) is 0 Å². The van der Waals surface area contributed by atoms with Gasteiger partial charge in [-0.2, -0.15) is 0 Å². The highest BCUT2D eigenvalue weighted by Gasteiger charge is 2.04. The van der Waals surface area contributed by atoms with Crippen LogP contribution in [0.1, 0.15) is 12.5 Å². The number of hydrogen-bond donors (Lipinski definition) is 0. The maximum atomic E-state index is 11.1. The predicted octanol–water partition coefficient (Wildman–Crippen LogP) is 0.591. The average molecular weight is 196 g/mol. The number of methoxy groups -OCH3 is 1. The molecular weight excluding hydrogens is 184 g/mol. The number of aromatic nitrogens is 2. The summed E-state index contributed by atoms with van der Waals surface area (Å²) in [6, 6.07) is 0.289. The molecule has 0 atom stereocenters. The number of nitrogens with zero attached hydrogens (tertiary/aromatic N) is 2. The molecule has 1 rings (SSSR count). The van der Waals surface area contributed by atoms with Gasteiger partial charge in [0.2, 0.25) is 0 Å². The topological polar surface area (TPSA) is 61.3 Å². The van der Waals surface area contributed by atoms with Crippen LogP contribution in [0.5, 0.6) is 6.01 Å². The molecule has 0 aliphatic carbocycles. The molecule has 1 aromatic rings. The molecule has 1 heterocycles. The highest BCUT2D eigenvalue weighted by Crippen LogP contribution is 2.02. The van der Waals surface area contributed by atoms with Gasteiger partial charge < -0.3 is 9.47 Å². The quantitative estimate of drug-likeness (QED) is 0.659. The highest BCUT2D eigenvalue weighted by molar-refractivity contribution is 5.72. The van der Waals surface area contributed by atoms with Crippen molar-refractivity contribution in [1.29, 1.82) is 0 Å². The van der Waals surface area contributed by atoms with Gasteiger partial charge in [-0.1, -0.05) is 0 Å². The van der Waals surface area contributed by atoms with E-state index in [1.165, 1.54) is 7.11 Å². The van der Waals surface area contributed by atoms with E-state index in [2.05, 4.69) is 9.97 Å². The van der Waals surface area contributed by atoms with E-state index in [0.717, 1.165) is 0 Å². The summed E-state index contributed by atoms with van der Waals surface area (Å²) in [4.78, 5) is 18.8. The van der Waals surface area contributed by atoms with E-state index < -0.39 is 0 Å². The standard InChI is InChI=1S/C9H12N2O3/c1-3-14-8(12)4-7-5-10-9(13-2)11-6-7/h5-6H,3-4H2,1-2H3. The minimum atomic E-state index is -0.277. The predicted molar refractivity (Wildman–Crippen MR) is 48.9 cm³/mol. The minimum Gasteiger partial charge on any atom is -0.467 e. The zero-order chi connectivity index (χ0) is 10.4. The molecule has 0 spiro atoms. The van der Waals surface area contributed by atoms with E-state index in [0.29, 0.717) is 12.2 Å². The first-order valence-electron chi connectivity index (χ1n) is 4.26. The van der Waals surface area contributed by atoms with E-state index in [9.17, 15) is 4.79 Å². The number of esters is 1. The third-order valence-electron chi connectivity index (χ3n) is 1.52. The lowest BCUT2D eigenvalue weighted by Gasteiger charge is -2.01. The van der Waals surface area contributed by atoms with Gasteiger partial charge in [-0.05, 0) is 6.92 Å². The molecule has 0 aromatic carbocycles. The molecule has 5 heteroatoms. The van der Waals surface area contributed by atoms with Crippen molar-refractivity contribution >= 4 is 5.97 Å². The first-order chi connectivity index (χ1) is 6.76. The van der Waals surface area contributed by atoms with E-state index in [4.69, 9.17) is 9.47 Å². The fraction of sp³-hybridized carbons (Fsp3) is 0.444. The Hall–Kier alpha value is -1.65. The Morgan fingerprint density at radius 1 is 1.43 bits per heavy atom. The van der Waals surface area contributed by atoms with Gasteiger partial charge in [-0.3, -0.25) is 4.79 Å². The second-order valence-electron chi connectivity index (χ2n) is 2.56. The van der Waals surface area contributed by atoms with Crippen LogP contribution < -0.4 is 4.74 Å². The van der Waals surface area contributed by atoms with Gasteiger partial charge in [0, 0.05) is 18.0 Å². The highest BCUT2D eigenvalue weighted by atomic mass is 16.5. The van der Waals surface area contributed by atoms with Crippen molar-refractivity contribution in [2.45, 2.75) is 13.3 Å². The van der Waals surface area contributed by atoms with Gasteiger partial charge in [0.1, 0.15) is 0 Å². The van der Waals surface area contributed by atoms with E-state index >= 15 is 0 Å². The molecule has 76 valence electrons. The summed E-state index contributed by atoms with van der Waals surface area (Å²) in [6.45, 7) is 2.15. The smallest absolute Gasteiger partial charge is 0.316 e. The van der Waals surface area contributed by atoms with Crippen LogP contribution in [-0.4, -0.2) is 29.7 Å². The maximum absolute atomic E-state index is 11.1. The van der Waals surface area contributed by atoms with Crippen molar-refractivity contribution in [1.82, 2.24) is 9.97 Å². The Bertz CT molecular complexity index is 297. The average Bonchev–Trinajstić information content (AvgIpc) is 2.19. The van der Waals surface area contributed by atoms with Crippen molar-refractivity contribution < 1.29 is 14.3 Å². The zero-order valence-corrected chi connectivity index (χ0v) is 8.19. The molecule has 0 saturated carbocycles. The van der Waals surface area contributed by atoms with Crippen molar-refractivity contribution in [3.05, 3.63) is 18.0 Å². The SMILES string of the molecule is CCOC(=O)Cc1cnc(OC)nc1. The summed E-state index contributed by atoms with van der Waals surface area (Å²) < 4.78 is 9.56. The molecule has 0 N–H and O–H groups in total. The molecule has 14 heavy (non-hydrogen) atoms. The molecule has 0 radical (unpaired) electrons. The van der Waals surface area contributed by atoms with Crippen LogP contribution in [0.2, 0.25) is 0 Å². The second-order valence-corrected chi connectivity index (χ2v) is 2.56. The number of hydrogen-bond acceptors (Lipinski definition) is 5. The van der Waals surface area contributed by atoms with Crippen molar-refractivity contribution in [3.63, 3.8) is 0 Å². The third kappa shape index (κ3) is 3.01. The molecule has 0 aliphatic rings. The lowest BCUT2D eigenvalue weighted by Crippen LogP contribution is -2.08. The monoisotopic (exact) mass is 196 g/mol. The summed E-state index contributed by atoms with van der Waals surface area (Å²) in [5.41, 5.74) is 0.712. The summed E-state index contributed by atoms with van der Waals surface area (Å²) in [5, 5.41) is 0. The normalized spacial score (nSPS) is 9.57. The number of carbonyl (C=O) groups excluding carboxylic acids is 1. The molecule has 0 fully saturated rings. The van der Waals surface area contributed by atoms with Gasteiger partial charge in [-0.15, -0.1) is 0 Å². The first kappa shape index (κ1) is 10.4. The van der Waals surface area contributed by atoms with Crippen LogP contribution in [0.4, 0.5) is 0 Å². The Labute approximate surface area is 82.1 Å². The summed E-state index contributed by atoms with van der Waals surface area (Å²) in [7, 11) is 1.49. The fourth-order valence-corrected chi connectivity index (χ4v) is 0.918. The van der Waals surface area contributed by atoms with Crippen LogP contribution in [0.25, 0.3) is 0 Å². The summed E-state index contributed by atoms with van der Waals surface area (Å²) in [5.74, 6) is -0.277. The van der Waals surface area contributed by atoms with Gasteiger partial charge in [-0.25, -0.2) is 9.97 Å². The first-order valence-corrected chi connectivity index (χ1v) is 4.26. The van der Waals surface area contributed by atoms with Gasteiger partial charge in [0.25, 0.3) is 0 Å². The Balaban J connectivity index is 2.55. The third-order valence-corrected chi connectivity index (χ3v) is 1.52. The molecule has 0 aliphatic heterocycles. The van der Waals surface area contributed by atoms with Crippen LogP contribution in [-0.2, 0) is 16.0 Å². The van der Waals surface area contributed by atoms with Crippen LogP contribution in [0, 0.1) is 0 Å². The largest absolute Gasteiger partial charge is 0.467 e. The molecule has 0 amide bonds. The molecule has 5 nitrogen and oxygen atoms in total. The van der Waals surface area contributed by atoms with Gasteiger partial charge in [0.05, 0.1) is 20.1 Å². The van der Waals surface area contributed by atoms with E-state index in [1.807, 2.05) is 0 Å². The summed E-state index contributed by atoms with van der Waals surface area (Å²) in [6.07, 6.45) is 3.28. The summed E-state index contributed by atoms with van der Waals surface area (Å²) >= 11 is 0. The number of carbonyl (C=O) groups is 1. The van der Waals surface area contributed by atoms with E-state index in [1.54, 1.807) is 19.3 Å². The molecule has 0 bridgehead atoms. The van der Waals surface area contributed by atoms with Crippen LogP contribution in [0.3, 0.4) is 0 Å². The Morgan fingerprint density at radius 2 is 2.07 bits per heavy atom. The van der Waals surface area contributed by atoms with Crippen molar-refractivity contribution in [2.75, 3.05) is 13.7 Å². The Kier molecular flexibility index (Phi) is 3.84. The fourth-order valence-electron chi connectivity index (χ4n) is 0.918. The van der Waals surface area contributed by atoms with Crippen molar-refractivity contribution in [3.8, 4) is 6.01 Å². The number of ether oxygens (including phenoxy) is 2. The molecule has 0 unspecified atom stereocenters. The van der Waals surface area contributed by atoms with Crippen molar-refractivity contribution in [2.24, 2.45) is 0 Å². The minimum absolute atomic E-state index is 0.192. The van der Waals surface area contributed by atoms with Crippen LogP contribution in [0.15, 0.2) is 12.4 Å². The molecular formula is C9H12N2O3.